The van der Waals surface area contributed by atoms with E-state index < -0.39 is 0 Å². The summed E-state index contributed by atoms with van der Waals surface area (Å²) in [6.07, 6.45) is 2.68. The lowest BCUT2D eigenvalue weighted by Gasteiger charge is -1.93. The van der Waals surface area contributed by atoms with Crippen molar-refractivity contribution in [1.29, 1.82) is 0 Å². The highest BCUT2D eigenvalue weighted by Crippen LogP contribution is 2.11. The van der Waals surface area contributed by atoms with Crippen molar-refractivity contribution in [2.24, 2.45) is 0 Å². The molecule has 1 aromatic heterocycles. The molecule has 0 fully saturated rings. The van der Waals surface area contributed by atoms with E-state index in [0.717, 1.165) is 10.9 Å². The Balaban J connectivity index is 2.83. The zero-order valence-corrected chi connectivity index (χ0v) is 5.71. The first-order valence-electron chi connectivity index (χ1n) is 3.28. The van der Waals surface area contributed by atoms with E-state index in [1.54, 1.807) is 18.2 Å². The molecule has 0 N–H and O–H groups in total. The summed E-state index contributed by atoms with van der Waals surface area (Å²) in [5.41, 5.74) is 0.772. The van der Waals surface area contributed by atoms with Gasteiger partial charge < -0.3 is 0 Å². The van der Waals surface area contributed by atoms with Crippen LogP contribution in [0.2, 0.25) is 0 Å². The second-order valence-electron chi connectivity index (χ2n) is 2.28. The van der Waals surface area contributed by atoms with Gasteiger partial charge in [0, 0.05) is 5.39 Å². The molecule has 0 aliphatic carbocycles. The fraction of sp³-hybridized carbons (Fsp3) is 0. The molecule has 53 valence electrons. The molecule has 2 aromatic rings. The number of halogens is 1. The van der Waals surface area contributed by atoms with Gasteiger partial charge in [0.05, 0.1) is 11.7 Å². The molecular weight excluding hydrogens is 141 g/mol. The zero-order valence-electron chi connectivity index (χ0n) is 5.71. The maximum absolute atomic E-state index is 12.6. The number of hydrogen-bond acceptors (Lipinski definition) is 1. The highest BCUT2D eigenvalue weighted by Gasteiger charge is 1.93. The van der Waals surface area contributed by atoms with Crippen LogP contribution < -0.4 is 0 Å². The van der Waals surface area contributed by atoms with Gasteiger partial charge in [0.25, 0.3) is 0 Å². The van der Waals surface area contributed by atoms with Gasteiger partial charge >= 0.3 is 0 Å². The molecule has 11 heavy (non-hydrogen) atoms. The smallest absolute Gasteiger partial charge is 0.123 e. The molecule has 0 amide bonds. The van der Waals surface area contributed by atoms with Crippen LogP contribution in [0.25, 0.3) is 10.9 Å². The predicted octanol–water partition coefficient (Wildman–Crippen LogP) is 2.17. The summed E-state index contributed by atoms with van der Waals surface area (Å²) in [6.45, 7) is 0. The quantitative estimate of drug-likeness (QED) is 0.555. The second kappa shape index (κ2) is 2.31. The molecule has 0 aliphatic heterocycles. The molecule has 0 unspecified atom stereocenters. The van der Waals surface area contributed by atoms with E-state index in [1.165, 1.54) is 12.1 Å². The number of benzene rings is 1. The Labute approximate surface area is 63.5 Å². The van der Waals surface area contributed by atoms with Crippen LogP contribution in [0.4, 0.5) is 4.39 Å². The third-order valence-electron chi connectivity index (χ3n) is 1.51. The third-order valence-corrected chi connectivity index (χ3v) is 1.51. The Kier molecular flexibility index (Phi) is 1.32. The number of fused-ring (bicyclic) bond motifs is 1. The Morgan fingerprint density at radius 2 is 2.18 bits per heavy atom. The van der Waals surface area contributed by atoms with E-state index in [0.29, 0.717) is 0 Å². The average molecular weight is 146 g/mol. The fourth-order valence-electron chi connectivity index (χ4n) is 0.995. The first-order valence-corrected chi connectivity index (χ1v) is 3.28. The maximum atomic E-state index is 12.6. The fourth-order valence-corrected chi connectivity index (χ4v) is 0.995. The minimum atomic E-state index is -0.231. The van der Waals surface area contributed by atoms with E-state index >= 15 is 0 Å². The normalized spacial score (nSPS) is 10.3. The predicted molar refractivity (Wildman–Crippen MR) is 40.5 cm³/mol. The molecule has 0 saturated carbocycles. The molecule has 1 radical (unpaired) electrons. The van der Waals surface area contributed by atoms with Crippen molar-refractivity contribution in [1.82, 2.24) is 4.98 Å². The minimum absolute atomic E-state index is 0.231. The number of pyridine rings is 1. The van der Waals surface area contributed by atoms with Crippen LogP contribution in [0.5, 0.6) is 0 Å². The van der Waals surface area contributed by atoms with Crippen LogP contribution >= 0.6 is 0 Å². The van der Waals surface area contributed by atoms with Gasteiger partial charge in [-0.15, -0.1) is 0 Å². The molecule has 0 aliphatic rings. The average Bonchev–Trinajstić information content (AvgIpc) is 2.04. The summed E-state index contributed by atoms with van der Waals surface area (Å²) in [5, 5.41) is 0.809. The Bertz CT molecular complexity index is 384. The Hall–Kier alpha value is -1.44. The molecule has 1 nitrogen and oxygen atoms in total. The number of nitrogens with zero attached hydrogens (tertiary/aromatic N) is 1. The largest absolute Gasteiger partial charge is 0.246 e. The summed E-state index contributed by atoms with van der Waals surface area (Å²) >= 11 is 0. The van der Waals surface area contributed by atoms with Gasteiger partial charge in [-0.2, -0.15) is 0 Å². The standard InChI is InChI=1S/C9H5FN/c10-8-3-4-9-7(6-8)2-1-5-11-9/h1-4,6H. The van der Waals surface area contributed by atoms with Gasteiger partial charge in [0.15, 0.2) is 0 Å². The van der Waals surface area contributed by atoms with Crippen LogP contribution in [0.1, 0.15) is 0 Å². The van der Waals surface area contributed by atoms with Gasteiger partial charge in [-0.1, -0.05) is 6.07 Å². The molecule has 0 atom stereocenters. The highest BCUT2D eigenvalue weighted by molar-refractivity contribution is 5.77. The molecule has 0 bridgehead atoms. The van der Waals surface area contributed by atoms with Crippen molar-refractivity contribution >= 4 is 10.9 Å². The van der Waals surface area contributed by atoms with Gasteiger partial charge in [0.1, 0.15) is 5.82 Å². The molecule has 1 heterocycles. The Morgan fingerprint density at radius 3 is 3.09 bits per heavy atom. The topological polar surface area (TPSA) is 12.9 Å². The van der Waals surface area contributed by atoms with E-state index in [4.69, 9.17) is 0 Å². The summed E-state index contributed by atoms with van der Waals surface area (Å²) in [7, 11) is 0. The van der Waals surface area contributed by atoms with Crippen LogP contribution in [-0.2, 0) is 0 Å². The molecule has 2 rings (SSSR count). The van der Waals surface area contributed by atoms with Crippen LogP contribution in [0.15, 0.2) is 30.3 Å². The Morgan fingerprint density at radius 1 is 1.27 bits per heavy atom. The maximum Gasteiger partial charge on any atom is 0.123 e. The zero-order chi connectivity index (χ0) is 7.68. The van der Waals surface area contributed by atoms with Crippen molar-refractivity contribution < 1.29 is 4.39 Å². The summed E-state index contributed by atoms with van der Waals surface area (Å²) in [4.78, 5) is 3.93. The van der Waals surface area contributed by atoms with Crippen LogP contribution in [0, 0.1) is 12.0 Å². The third kappa shape index (κ3) is 1.07. The van der Waals surface area contributed by atoms with Crippen molar-refractivity contribution in [3.63, 3.8) is 0 Å². The molecule has 1 aromatic carbocycles. The number of hydrogen-bond donors (Lipinski definition) is 0. The van der Waals surface area contributed by atoms with E-state index in [9.17, 15) is 4.39 Å². The van der Waals surface area contributed by atoms with Gasteiger partial charge in [-0.3, -0.25) is 0 Å². The summed E-state index contributed by atoms with van der Waals surface area (Å²) in [5.74, 6) is -0.231. The first kappa shape index (κ1) is 6.28. The lowest BCUT2D eigenvalue weighted by Crippen LogP contribution is -1.78. The van der Waals surface area contributed by atoms with Crippen molar-refractivity contribution in [2.45, 2.75) is 0 Å². The van der Waals surface area contributed by atoms with Gasteiger partial charge in [-0.05, 0) is 24.3 Å². The van der Waals surface area contributed by atoms with Crippen molar-refractivity contribution in [3.05, 3.63) is 42.3 Å². The summed E-state index contributed by atoms with van der Waals surface area (Å²) < 4.78 is 12.6. The van der Waals surface area contributed by atoms with Crippen molar-refractivity contribution in [2.75, 3.05) is 0 Å². The van der Waals surface area contributed by atoms with E-state index in [-0.39, 0.29) is 5.82 Å². The van der Waals surface area contributed by atoms with Gasteiger partial charge in [-0.25, -0.2) is 9.37 Å². The number of aromatic nitrogens is 1. The van der Waals surface area contributed by atoms with Crippen LogP contribution in [-0.4, -0.2) is 4.98 Å². The summed E-state index contributed by atoms with van der Waals surface area (Å²) in [6, 6.07) is 7.94. The first-order chi connectivity index (χ1) is 5.36. The van der Waals surface area contributed by atoms with E-state index in [2.05, 4.69) is 11.2 Å². The monoisotopic (exact) mass is 146 g/mol. The van der Waals surface area contributed by atoms with Crippen molar-refractivity contribution in [3.8, 4) is 0 Å². The SMILES string of the molecule is Fc1ccc2n[c]ccc2c1. The minimum Gasteiger partial charge on any atom is -0.246 e. The van der Waals surface area contributed by atoms with Gasteiger partial charge in [0.2, 0.25) is 0 Å². The lowest BCUT2D eigenvalue weighted by atomic mass is 10.2. The molecule has 2 heteroatoms. The molecule has 0 saturated heterocycles. The second-order valence-corrected chi connectivity index (χ2v) is 2.28. The lowest BCUT2D eigenvalue weighted by molar-refractivity contribution is 0.629. The number of rotatable bonds is 0. The van der Waals surface area contributed by atoms with E-state index in [1.807, 2.05) is 0 Å². The van der Waals surface area contributed by atoms with Crippen LogP contribution in [0.3, 0.4) is 0 Å². The molecule has 0 spiro atoms. The highest BCUT2D eigenvalue weighted by atomic mass is 19.1. The molecular formula is C9H5FN.